The largest absolute Gasteiger partial charge is 0.493 e. The van der Waals surface area contributed by atoms with Gasteiger partial charge < -0.3 is 15.0 Å². The Kier molecular flexibility index (Phi) is 6.90. The monoisotopic (exact) mass is 318 g/mol. The van der Waals surface area contributed by atoms with Crippen molar-refractivity contribution in [1.82, 2.24) is 10.2 Å². The molecule has 0 aliphatic carbocycles. The van der Waals surface area contributed by atoms with Crippen LogP contribution in [0.3, 0.4) is 0 Å². The summed E-state index contributed by atoms with van der Waals surface area (Å²) in [7, 11) is 0. The predicted octanol–water partition coefficient (Wildman–Crippen LogP) is 2.92. The van der Waals surface area contributed by atoms with Gasteiger partial charge >= 0.3 is 0 Å². The van der Waals surface area contributed by atoms with Gasteiger partial charge in [-0.05, 0) is 56.7 Å². The molecule has 2 rings (SSSR count). The molecule has 1 aromatic rings. The lowest BCUT2D eigenvalue weighted by molar-refractivity contribution is -0.119. The molecule has 1 saturated heterocycles. The summed E-state index contributed by atoms with van der Waals surface area (Å²) in [5.41, 5.74) is 2.41. The molecule has 1 aromatic carbocycles. The van der Waals surface area contributed by atoms with Crippen LogP contribution in [0.2, 0.25) is 0 Å². The molecule has 1 heterocycles. The van der Waals surface area contributed by atoms with E-state index in [4.69, 9.17) is 4.74 Å². The van der Waals surface area contributed by atoms with Gasteiger partial charge in [-0.25, -0.2) is 0 Å². The summed E-state index contributed by atoms with van der Waals surface area (Å²) in [4.78, 5) is 13.5. The van der Waals surface area contributed by atoms with E-state index in [2.05, 4.69) is 42.3 Å². The van der Waals surface area contributed by atoms with Crippen molar-refractivity contribution in [3.8, 4) is 5.75 Å². The molecular weight excluding hydrogens is 288 g/mol. The number of benzene rings is 1. The van der Waals surface area contributed by atoms with Crippen molar-refractivity contribution in [1.29, 1.82) is 0 Å². The lowest BCUT2D eigenvalue weighted by atomic mass is 9.98. The van der Waals surface area contributed by atoms with E-state index in [1.165, 1.54) is 30.5 Å². The average molecular weight is 318 g/mol. The van der Waals surface area contributed by atoms with Crippen molar-refractivity contribution in [2.24, 2.45) is 5.92 Å². The first-order valence-corrected chi connectivity index (χ1v) is 8.72. The van der Waals surface area contributed by atoms with Gasteiger partial charge in [-0.3, -0.25) is 4.79 Å². The Morgan fingerprint density at radius 2 is 2.09 bits per heavy atom. The van der Waals surface area contributed by atoms with Gasteiger partial charge in [0.05, 0.1) is 6.61 Å². The number of ether oxygens (including phenoxy) is 1. The van der Waals surface area contributed by atoms with Gasteiger partial charge in [0.25, 0.3) is 0 Å². The lowest BCUT2D eigenvalue weighted by Crippen LogP contribution is -2.41. The zero-order chi connectivity index (χ0) is 16.7. The lowest BCUT2D eigenvalue weighted by Gasteiger charge is -2.32. The molecule has 1 aliphatic rings. The summed E-state index contributed by atoms with van der Waals surface area (Å²) < 4.78 is 5.98. The molecule has 4 heteroatoms. The number of amides is 1. The minimum atomic E-state index is 0.0733. The summed E-state index contributed by atoms with van der Waals surface area (Å²) in [6, 6.07) is 6.26. The molecule has 0 saturated carbocycles. The van der Waals surface area contributed by atoms with E-state index in [1.807, 2.05) is 0 Å². The van der Waals surface area contributed by atoms with E-state index < -0.39 is 0 Å². The Balaban J connectivity index is 1.68. The van der Waals surface area contributed by atoms with Gasteiger partial charge in [-0.15, -0.1) is 0 Å². The van der Waals surface area contributed by atoms with Gasteiger partial charge in [-0.2, -0.15) is 0 Å². The van der Waals surface area contributed by atoms with E-state index >= 15 is 0 Å². The maximum absolute atomic E-state index is 11.0. The summed E-state index contributed by atoms with van der Waals surface area (Å²) in [5, 5.41) is 2.95. The Morgan fingerprint density at radius 1 is 1.35 bits per heavy atom. The van der Waals surface area contributed by atoms with Gasteiger partial charge in [-0.1, -0.05) is 18.2 Å². The van der Waals surface area contributed by atoms with Gasteiger partial charge in [0.2, 0.25) is 5.91 Å². The second-order valence-electron chi connectivity index (χ2n) is 6.67. The summed E-state index contributed by atoms with van der Waals surface area (Å²) in [6.07, 6.45) is 3.48. The van der Waals surface area contributed by atoms with Crippen LogP contribution in [0, 0.1) is 19.8 Å². The highest BCUT2D eigenvalue weighted by molar-refractivity contribution is 5.72. The number of aryl methyl sites for hydroxylation is 2. The van der Waals surface area contributed by atoms with Crippen LogP contribution in [-0.4, -0.2) is 43.6 Å². The smallest absolute Gasteiger partial charge is 0.216 e. The molecule has 0 aromatic heterocycles. The third kappa shape index (κ3) is 5.87. The van der Waals surface area contributed by atoms with Gasteiger partial charge in [0.15, 0.2) is 0 Å². The van der Waals surface area contributed by atoms with Crippen molar-refractivity contribution < 1.29 is 9.53 Å². The molecule has 23 heavy (non-hydrogen) atoms. The van der Waals surface area contributed by atoms with E-state index in [9.17, 15) is 4.79 Å². The number of carbonyl (C=O) groups is 1. The molecule has 1 amide bonds. The second-order valence-corrected chi connectivity index (χ2v) is 6.67. The fourth-order valence-electron chi connectivity index (χ4n) is 3.30. The zero-order valence-corrected chi connectivity index (χ0v) is 14.7. The van der Waals surface area contributed by atoms with Gasteiger partial charge in [0.1, 0.15) is 5.75 Å². The maximum Gasteiger partial charge on any atom is 0.216 e. The van der Waals surface area contributed by atoms with Crippen molar-refractivity contribution >= 4 is 5.91 Å². The minimum Gasteiger partial charge on any atom is -0.493 e. The Labute approximate surface area is 140 Å². The number of nitrogens with zero attached hydrogens (tertiary/aromatic N) is 1. The number of nitrogens with one attached hydrogen (secondary N) is 1. The highest BCUT2D eigenvalue weighted by Crippen LogP contribution is 2.22. The number of hydrogen-bond donors (Lipinski definition) is 1. The van der Waals surface area contributed by atoms with Crippen molar-refractivity contribution in [3.63, 3.8) is 0 Å². The molecule has 128 valence electrons. The van der Waals surface area contributed by atoms with Crippen molar-refractivity contribution in [3.05, 3.63) is 29.3 Å². The van der Waals surface area contributed by atoms with Crippen molar-refractivity contribution in [2.45, 2.75) is 40.0 Å². The number of piperidine rings is 1. The Bertz CT molecular complexity index is 496. The van der Waals surface area contributed by atoms with E-state index in [1.54, 1.807) is 6.92 Å². The number of rotatable bonds is 7. The van der Waals surface area contributed by atoms with Crippen LogP contribution in [0.4, 0.5) is 0 Å². The van der Waals surface area contributed by atoms with Crippen LogP contribution in [0.15, 0.2) is 18.2 Å². The summed E-state index contributed by atoms with van der Waals surface area (Å²) in [6.45, 7) is 10.7. The van der Waals surface area contributed by atoms with Crippen LogP contribution in [0.25, 0.3) is 0 Å². The van der Waals surface area contributed by atoms with Crippen LogP contribution < -0.4 is 10.1 Å². The SMILES string of the molecule is CC(=O)NC[C@@H]1CCCN(CCCOc2c(C)cccc2C)C1. The van der Waals surface area contributed by atoms with Crippen LogP contribution in [0.1, 0.15) is 37.3 Å². The highest BCUT2D eigenvalue weighted by Gasteiger charge is 2.19. The maximum atomic E-state index is 11.0. The molecule has 0 unspecified atom stereocenters. The standard InChI is InChI=1S/C19H30N2O2/c1-15-7-4-8-16(2)19(15)23-12-6-11-21-10-5-9-18(14-21)13-20-17(3)22/h4,7-8,18H,5-6,9-14H2,1-3H3,(H,20,22)/t18-/m0/s1. The van der Waals surface area contributed by atoms with Gasteiger partial charge in [0, 0.05) is 26.6 Å². The minimum absolute atomic E-state index is 0.0733. The molecule has 1 fully saturated rings. The first-order chi connectivity index (χ1) is 11.1. The average Bonchev–Trinajstić information content (AvgIpc) is 2.52. The molecule has 0 spiro atoms. The Hall–Kier alpha value is -1.55. The van der Waals surface area contributed by atoms with E-state index in [0.29, 0.717) is 5.92 Å². The molecule has 1 atom stereocenters. The highest BCUT2D eigenvalue weighted by atomic mass is 16.5. The third-order valence-corrected chi connectivity index (χ3v) is 4.52. The first kappa shape index (κ1) is 17.8. The van der Waals surface area contributed by atoms with E-state index in [0.717, 1.165) is 38.4 Å². The third-order valence-electron chi connectivity index (χ3n) is 4.52. The van der Waals surface area contributed by atoms with Crippen LogP contribution in [-0.2, 0) is 4.79 Å². The summed E-state index contributed by atoms with van der Waals surface area (Å²) in [5.74, 6) is 1.70. The quantitative estimate of drug-likeness (QED) is 0.786. The number of para-hydroxylation sites is 1. The second kappa shape index (κ2) is 8.92. The molecule has 0 bridgehead atoms. The Morgan fingerprint density at radius 3 is 2.78 bits per heavy atom. The predicted molar refractivity (Wildman–Crippen MR) is 93.9 cm³/mol. The molecule has 1 aliphatic heterocycles. The topological polar surface area (TPSA) is 41.6 Å². The molecule has 1 N–H and O–H groups in total. The first-order valence-electron chi connectivity index (χ1n) is 8.72. The van der Waals surface area contributed by atoms with Crippen molar-refractivity contribution in [2.75, 3.05) is 32.8 Å². The molecular formula is C19H30N2O2. The number of hydrogen-bond acceptors (Lipinski definition) is 3. The van der Waals surface area contributed by atoms with Crippen LogP contribution in [0.5, 0.6) is 5.75 Å². The fraction of sp³-hybridized carbons (Fsp3) is 0.632. The summed E-state index contributed by atoms with van der Waals surface area (Å²) >= 11 is 0. The number of carbonyl (C=O) groups excluding carboxylic acids is 1. The normalized spacial score (nSPS) is 18.7. The molecule has 0 radical (unpaired) electrons. The number of likely N-dealkylation sites (tertiary alicyclic amines) is 1. The fourth-order valence-corrected chi connectivity index (χ4v) is 3.30. The zero-order valence-electron chi connectivity index (χ0n) is 14.7. The van der Waals surface area contributed by atoms with Crippen LogP contribution >= 0.6 is 0 Å². The van der Waals surface area contributed by atoms with E-state index in [-0.39, 0.29) is 5.91 Å². The molecule has 4 nitrogen and oxygen atoms in total.